The molecule has 7 nitrogen and oxygen atoms in total. The molecule has 1 atom stereocenters. The first-order chi connectivity index (χ1) is 12.1. The van der Waals surface area contributed by atoms with Crippen LogP contribution < -0.4 is 10.1 Å². The molecule has 1 aromatic rings. The smallest absolute Gasteiger partial charge is 0.246 e. The highest BCUT2D eigenvalue weighted by atomic mass is 35.5. The van der Waals surface area contributed by atoms with Crippen molar-refractivity contribution in [2.45, 2.75) is 17.4 Å². The summed E-state index contributed by atoms with van der Waals surface area (Å²) in [5.74, 6) is 0.394. The standard InChI is InChI=1S/C17H27N3O4S.ClH/c1-23-12-13-24-16-4-2-3-5-17(16)25(21,22)20-9-6-15(14-20)19-10-7-18-8-11-19;/h2-5,15,18H,6-14H2,1H3;1H. The summed E-state index contributed by atoms with van der Waals surface area (Å²) in [4.78, 5) is 2.64. The van der Waals surface area contributed by atoms with Crippen molar-refractivity contribution in [3.05, 3.63) is 24.3 Å². The molecule has 0 spiro atoms. The van der Waals surface area contributed by atoms with E-state index in [9.17, 15) is 8.42 Å². The first kappa shape index (κ1) is 21.4. The highest BCUT2D eigenvalue weighted by Crippen LogP contribution is 2.29. The molecule has 0 radical (unpaired) electrons. The second kappa shape index (κ2) is 9.87. The van der Waals surface area contributed by atoms with E-state index >= 15 is 0 Å². The summed E-state index contributed by atoms with van der Waals surface area (Å²) in [5, 5.41) is 3.34. The van der Waals surface area contributed by atoms with Gasteiger partial charge in [0.2, 0.25) is 10.0 Å². The Hall–Kier alpha value is -0.900. The molecule has 0 saturated carbocycles. The number of piperazine rings is 1. The van der Waals surface area contributed by atoms with Gasteiger partial charge in [-0.3, -0.25) is 4.90 Å². The van der Waals surface area contributed by atoms with Gasteiger partial charge in [-0.05, 0) is 18.6 Å². The fraction of sp³-hybridized carbons (Fsp3) is 0.647. The molecule has 2 aliphatic rings. The molecule has 9 heteroatoms. The Morgan fingerprint density at radius 1 is 1.15 bits per heavy atom. The zero-order valence-corrected chi connectivity index (χ0v) is 16.7. The lowest BCUT2D eigenvalue weighted by atomic mass is 10.2. The largest absolute Gasteiger partial charge is 0.490 e. The second-order valence-corrected chi connectivity index (χ2v) is 8.29. The molecule has 26 heavy (non-hydrogen) atoms. The lowest BCUT2D eigenvalue weighted by Gasteiger charge is -2.32. The maximum Gasteiger partial charge on any atom is 0.246 e. The minimum Gasteiger partial charge on any atom is -0.490 e. The molecule has 2 fully saturated rings. The van der Waals surface area contributed by atoms with Crippen molar-refractivity contribution in [1.29, 1.82) is 0 Å². The predicted molar refractivity (Wildman–Crippen MR) is 103 cm³/mol. The Kier molecular flexibility index (Phi) is 8.12. The number of sulfonamides is 1. The summed E-state index contributed by atoms with van der Waals surface area (Å²) < 4.78 is 38.4. The van der Waals surface area contributed by atoms with Gasteiger partial charge in [0.05, 0.1) is 6.61 Å². The summed E-state index contributed by atoms with van der Waals surface area (Å²) in [6.07, 6.45) is 0.881. The Morgan fingerprint density at radius 2 is 1.88 bits per heavy atom. The molecule has 2 aliphatic heterocycles. The molecule has 2 heterocycles. The molecule has 1 N–H and O–H groups in total. The normalized spacial score (nSPS) is 22.1. The predicted octanol–water partition coefficient (Wildman–Crippen LogP) is 0.802. The maximum atomic E-state index is 13.1. The molecule has 2 saturated heterocycles. The highest BCUT2D eigenvalue weighted by Gasteiger charge is 2.36. The average Bonchev–Trinajstić information content (AvgIpc) is 3.14. The van der Waals surface area contributed by atoms with Crippen LogP contribution in [-0.4, -0.2) is 83.3 Å². The van der Waals surface area contributed by atoms with Crippen molar-refractivity contribution >= 4 is 22.4 Å². The Morgan fingerprint density at radius 3 is 2.62 bits per heavy atom. The van der Waals surface area contributed by atoms with Gasteiger partial charge < -0.3 is 14.8 Å². The van der Waals surface area contributed by atoms with E-state index in [0.717, 1.165) is 32.6 Å². The number of nitrogens with zero attached hydrogens (tertiary/aromatic N) is 2. The SMILES string of the molecule is COCCOc1ccccc1S(=O)(=O)N1CCC(N2CCNCC2)C1.Cl. The molecule has 0 aromatic heterocycles. The fourth-order valence-electron chi connectivity index (χ4n) is 3.43. The third kappa shape index (κ3) is 4.88. The Bertz CT molecular complexity index is 668. The van der Waals surface area contributed by atoms with E-state index in [-0.39, 0.29) is 17.3 Å². The van der Waals surface area contributed by atoms with Crippen molar-refractivity contribution in [2.24, 2.45) is 0 Å². The van der Waals surface area contributed by atoms with Crippen LogP contribution in [0.25, 0.3) is 0 Å². The van der Waals surface area contributed by atoms with E-state index in [4.69, 9.17) is 9.47 Å². The minimum absolute atomic E-state index is 0. The van der Waals surface area contributed by atoms with Crippen LogP contribution >= 0.6 is 12.4 Å². The molecule has 1 unspecified atom stereocenters. The minimum atomic E-state index is -3.55. The zero-order valence-electron chi connectivity index (χ0n) is 15.1. The lowest BCUT2D eigenvalue weighted by molar-refractivity contribution is 0.144. The van der Waals surface area contributed by atoms with Gasteiger partial charge in [0, 0.05) is 52.4 Å². The number of rotatable bonds is 7. The van der Waals surface area contributed by atoms with Gasteiger partial charge in [-0.2, -0.15) is 4.31 Å². The molecule has 0 amide bonds. The number of benzene rings is 1. The van der Waals surface area contributed by atoms with E-state index in [1.54, 1.807) is 35.7 Å². The highest BCUT2D eigenvalue weighted by molar-refractivity contribution is 7.89. The number of hydrogen-bond acceptors (Lipinski definition) is 6. The van der Waals surface area contributed by atoms with E-state index in [2.05, 4.69) is 10.2 Å². The Labute approximate surface area is 162 Å². The quantitative estimate of drug-likeness (QED) is 0.677. The second-order valence-electron chi connectivity index (χ2n) is 6.38. The van der Waals surface area contributed by atoms with Crippen LogP contribution in [0, 0.1) is 0 Å². The number of nitrogens with one attached hydrogen (secondary N) is 1. The molecule has 1 aromatic carbocycles. The molecular formula is C17H28ClN3O4S. The van der Waals surface area contributed by atoms with Crippen molar-refractivity contribution in [1.82, 2.24) is 14.5 Å². The van der Waals surface area contributed by atoms with E-state index < -0.39 is 10.0 Å². The number of para-hydroxylation sites is 1. The van der Waals surface area contributed by atoms with Crippen LogP contribution in [0.1, 0.15) is 6.42 Å². The van der Waals surface area contributed by atoms with Crippen molar-refractivity contribution in [2.75, 3.05) is 59.6 Å². The Balaban J connectivity index is 0.00000243. The van der Waals surface area contributed by atoms with Crippen molar-refractivity contribution < 1.29 is 17.9 Å². The first-order valence-corrected chi connectivity index (χ1v) is 10.2. The van der Waals surface area contributed by atoms with Gasteiger partial charge in [-0.1, -0.05) is 12.1 Å². The summed E-state index contributed by atoms with van der Waals surface area (Å²) in [5.41, 5.74) is 0. The summed E-state index contributed by atoms with van der Waals surface area (Å²) in [6.45, 7) is 5.76. The fourth-order valence-corrected chi connectivity index (χ4v) is 5.05. The van der Waals surface area contributed by atoms with Gasteiger partial charge in [0.1, 0.15) is 17.3 Å². The summed E-state index contributed by atoms with van der Waals surface area (Å²) >= 11 is 0. The zero-order chi connectivity index (χ0) is 17.7. The first-order valence-electron chi connectivity index (χ1n) is 8.78. The molecule has 3 rings (SSSR count). The molecule has 0 aliphatic carbocycles. The van der Waals surface area contributed by atoms with Gasteiger partial charge in [-0.15, -0.1) is 12.4 Å². The van der Waals surface area contributed by atoms with E-state index in [1.165, 1.54) is 0 Å². The lowest BCUT2D eigenvalue weighted by Crippen LogP contribution is -2.49. The van der Waals surface area contributed by atoms with Crippen LogP contribution in [0.2, 0.25) is 0 Å². The average molecular weight is 406 g/mol. The number of halogens is 1. The number of ether oxygens (including phenoxy) is 2. The topological polar surface area (TPSA) is 71.1 Å². The molecular weight excluding hydrogens is 378 g/mol. The van der Waals surface area contributed by atoms with Crippen molar-refractivity contribution in [3.8, 4) is 5.75 Å². The van der Waals surface area contributed by atoms with Crippen LogP contribution in [0.5, 0.6) is 5.75 Å². The van der Waals surface area contributed by atoms with Crippen LogP contribution in [0.3, 0.4) is 0 Å². The van der Waals surface area contributed by atoms with E-state index in [1.807, 2.05) is 0 Å². The van der Waals surface area contributed by atoms with Crippen LogP contribution in [0.4, 0.5) is 0 Å². The maximum absolute atomic E-state index is 13.1. The molecule has 148 valence electrons. The van der Waals surface area contributed by atoms with E-state index in [0.29, 0.717) is 38.1 Å². The third-order valence-corrected chi connectivity index (χ3v) is 6.71. The number of methoxy groups -OCH3 is 1. The van der Waals surface area contributed by atoms with Crippen LogP contribution in [-0.2, 0) is 14.8 Å². The van der Waals surface area contributed by atoms with Crippen LogP contribution in [0.15, 0.2) is 29.2 Å². The summed E-state index contributed by atoms with van der Waals surface area (Å²) in [7, 11) is -1.96. The van der Waals surface area contributed by atoms with Crippen molar-refractivity contribution in [3.63, 3.8) is 0 Å². The summed E-state index contributed by atoms with van der Waals surface area (Å²) in [6, 6.07) is 7.15. The molecule has 0 bridgehead atoms. The number of hydrogen-bond donors (Lipinski definition) is 1. The monoisotopic (exact) mass is 405 g/mol. The van der Waals surface area contributed by atoms with Gasteiger partial charge in [-0.25, -0.2) is 8.42 Å². The van der Waals surface area contributed by atoms with Gasteiger partial charge >= 0.3 is 0 Å². The third-order valence-electron chi connectivity index (χ3n) is 4.81. The van der Waals surface area contributed by atoms with Gasteiger partial charge in [0.25, 0.3) is 0 Å². The van der Waals surface area contributed by atoms with Gasteiger partial charge in [0.15, 0.2) is 0 Å².